The largest absolute Gasteiger partial charge is 0.489 e. The number of nitrogens with zero attached hydrogens (tertiary/aromatic N) is 1. The average molecular weight is 380 g/mol. The Hall–Kier alpha value is -3.28. The third kappa shape index (κ3) is 4.91. The summed E-state index contributed by atoms with van der Waals surface area (Å²) in [6, 6.07) is 17.3. The number of carbonyl (C=O) groups excluding carboxylic acids is 2. The molecule has 0 saturated heterocycles. The Morgan fingerprint density at radius 2 is 1.89 bits per heavy atom. The number of carbonyl (C=O) groups is 2. The highest BCUT2D eigenvalue weighted by Crippen LogP contribution is 2.23. The van der Waals surface area contributed by atoms with E-state index in [0.717, 1.165) is 22.2 Å². The Kier molecular flexibility index (Phi) is 6.32. The van der Waals surface area contributed by atoms with Gasteiger partial charge in [-0.2, -0.15) is 0 Å². The van der Waals surface area contributed by atoms with Gasteiger partial charge < -0.3 is 19.4 Å². The Labute approximate surface area is 164 Å². The van der Waals surface area contributed by atoms with E-state index in [1.807, 2.05) is 65.4 Å². The SMILES string of the molecule is COC(=O)[C@@H](C)NC(=O)CCn1ccc2ccc(OCc3ccccc3)cc21. The molecule has 1 atom stereocenters. The van der Waals surface area contributed by atoms with Crippen LogP contribution in [-0.4, -0.2) is 29.6 Å². The van der Waals surface area contributed by atoms with Crippen LogP contribution in [0.3, 0.4) is 0 Å². The summed E-state index contributed by atoms with van der Waals surface area (Å²) in [5.41, 5.74) is 2.11. The molecule has 2 aromatic carbocycles. The molecule has 3 rings (SSSR count). The molecule has 6 heteroatoms. The molecular weight excluding hydrogens is 356 g/mol. The van der Waals surface area contributed by atoms with Crippen molar-refractivity contribution < 1.29 is 19.1 Å². The smallest absolute Gasteiger partial charge is 0.328 e. The van der Waals surface area contributed by atoms with E-state index in [2.05, 4.69) is 10.1 Å². The fourth-order valence-corrected chi connectivity index (χ4v) is 2.96. The van der Waals surface area contributed by atoms with Gasteiger partial charge in [-0.1, -0.05) is 30.3 Å². The number of benzene rings is 2. The van der Waals surface area contributed by atoms with Crippen LogP contribution in [0.15, 0.2) is 60.8 Å². The van der Waals surface area contributed by atoms with Gasteiger partial charge in [-0.15, -0.1) is 0 Å². The molecule has 1 amide bonds. The summed E-state index contributed by atoms with van der Waals surface area (Å²) in [6.07, 6.45) is 2.21. The Morgan fingerprint density at radius 3 is 2.64 bits per heavy atom. The van der Waals surface area contributed by atoms with Crippen LogP contribution in [0.5, 0.6) is 5.75 Å². The fraction of sp³-hybridized carbons (Fsp3) is 0.273. The number of hydrogen-bond acceptors (Lipinski definition) is 4. The first-order valence-electron chi connectivity index (χ1n) is 9.19. The fourth-order valence-electron chi connectivity index (χ4n) is 2.96. The van der Waals surface area contributed by atoms with E-state index in [-0.39, 0.29) is 12.3 Å². The van der Waals surface area contributed by atoms with E-state index < -0.39 is 12.0 Å². The van der Waals surface area contributed by atoms with Crippen LogP contribution in [0.2, 0.25) is 0 Å². The number of hydrogen-bond donors (Lipinski definition) is 1. The van der Waals surface area contributed by atoms with Crippen molar-refractivity contribution in [2.24, 2.45) is 0 Å². The second-order valence-corrected chi connectivity index (χ2v) is 6.57. The number of amides is 1. The molecule has 28 heavy (non-hydrogen) atoms. The highest BCUT2D eigenvalue weighted by molar-refractivity contribution is 5.84. The van der Waals surface area contributed by atoms with E-state index in [9.17, 15) is 9.59 Å². The van der Waals surface area contributed by atoms with Crippen LogP contribution in [0, 0.1) is 0 Å². The van der Waals surface area contributed by atoms with Crippen molar-refractivity contribution in [2.75, 3.05) is 7.11 Å². The molecule has 0 bridgehead atoms. The third-order valence-electron chi connectivity index (χ3n) is 4.51. The maximum absolute atomic E-state index is 12.1. The normalized spacial score (nSPS) is 11.8. The lowest BCUT2D eigenvalue weighted by Crippen LogP contribution is -2.39. The first kappa shape index (κ1) is 19.5. The van der Waals surface area contributed by atoms with Gasteiger partial charge in [-0.3, -0.25) is 4.79 Å². The highest BCUT2D eigenvalue weighted by atomic mass is 16.5. The zero-order valence-corrected chi connectivity index (χ0v) is 16.1. The number of methoxy groups -OCH3 is 1. The standard InChI is InChI=1S/C22H24N2O4/c1-16(22(26)27-2)23-21(25)11-13-24-12-10-18-8-9-19(14-20(18)24)28-15-17-6-4-3-5-7-17/h3-10,12,14,16H,11,13,15H2,1-2H3,(H,23,25)/t16-/m1/s1. The van der Waals surface area contributed by atoms with Crippen molar-refractivity contribution in [1.29, 1.82) is 0 Å². The molecule has 0 unspecified atom stereocenters. The molecule has 1 heterocycles. The predicted octanol–water partition coefficient (Wildman–Crippen LogP) is 3.29. The number of ether oxygens (including phenoxy) is 2. The number of esters is 1. The maximum Gasteiger partial charge on any atom is 0.328 e. The number of aromatic nitrogens is 1. The Bertz CT molecular complexity index is 950. The summed E-state index contributed by atoms with van der Waals surface area (Å²) < 4.78 is 12.5. The molecule has 146 valence electrons. The molecule has 0 spiro atoms. The van der Waals surface area contributed by atoms with Crippen molar-refractivity contribution in [3.05, 3.63) is 66.4 Å². The zero-order chi connectivity index (χ0) is 19.9. The van der Waals surface area contributed by atoms with Crippen molar-refractivity contribution >= 4 is 22.8 Å². The molecule has 0 fully saturated rings. The predicted molar refractivity (Wildman–Crippen MR) is 107 cm³/mol. The minimum atomic E-state index is -0.656. The number of nitrogens with one attached hydrogen (secondary N) is 1. The van der Waals surface area contributed by atoms with E-state index in [4.69, 9.17) is 4.74 Å². The maximum atomic E-state index is 12.1. The van der Waals surface area contributed by atoms with Crippen molar-refractivity contribution in [1.82, 2.24) is 9.88 Å². The van der Waals surface area contributed by atoms with Gasteiger partial charge in [-0.05, 0) is 36.1 Å². The van der Waals surface area contributed by atoms with E-state index in [1.165, 1.54) is 7.11 Å². The minimum Gasteiger partial charge on any atom is -0.489 e. The monoisotopic (exact) mass is 380 g/mol. The number of aryl methyl sites for hydroxylation is 1. The van der Waals surface area contributed by atoms with Gasteiger partial charge in [0.25, 0.3) is 0 Å². The van der Waals surface area contributed by atoms with Crippen LogP contribution in [0.4, 0.5) is 0 Å². The zero-order valence-electron chi connectivity index (χ0n) is 16.1. The van der Waals surface area contributed by atoms with Gasteiger partial charge in [0, 0.05) is 25.2 Å². The van der Waals surface area contributed by atoms with Crippen molar-refractivity contribution in [3.63, 3.8) is 0 Å². The molecule has 0 aliphatic carbocycles. The molecular formula is C22H24N2O4. The molecule has 3 aromatic rings. The molecule has 1 aromatic heterocycles. The number of rotatable bonds is 8. The second kappa shape index (κ2) is 9.08. The van der Waals surface area contributed by atoms with Gasteiger partial charge in [-0.25, -0.2) is 4.79 Å². The number of fused-ring (bicyclic) bond motifs is 1. The first-order valence-corrected chi connectivity index (χ1v) is 9.19. The summed E-state index contributed by atoms with van der Waals surface area (Å²) in [5.74, 6) is 0.122. The van der Waals surface area contributed by atoms with Crippen molar-refractivity contribution in [3.8, 4) is 5.75 Å². The highest BCUT2D eigenvalue weighted by Gasteiger charge is 2.15. The van der Waals surface area contributed by atoms with E-state index in [0.29, 0.717) is 13.2 Å². The quantitative estimate of drug-likeness (QED) is 0.609. The summed E-state index contributed by atoms with van der Waals surface area (Å²) >= 11 is 0. The molecule has 0 aliphatic heterocycles. The first-order chi connectivity index (χ1) is 13.6. The average Bonchev–Trinajstić information content (AvgIpc) is 3.13. The second-order valence-electron chi connectivity index (χ2n) is 6.57. The van der Waals surface area contributed by atoms with Crippen LogP contribution in [-0.2, 0) is 27.5 Å². The topological polar surface area (TPSA) is 69.6 Å². The third-order valence-corrected chi connectivity index (χ3v) is 4.51. The summed E-state index contributed by atoms with van der Waals surface area (Å²) in [7, 11) is 1.30. The van der Waals surface area contributed by atoms with Crippen LogP contribution in [0.1, 0.15) is 18.9 Å². The molecule has 1 N–H and O–H groups in total. The minimum absolute atomic E-state index is 0.198. The van der Waals surface area contributed by atoms with E-state index >= 15 is 0 Å². The van der Waals surface area contributed by atoms with Gasteiger partial charge >= 0.3 is 5.97 Å². The van der Waals surface area contributed by atoms with Crippen LogP contribution >= 0.6 is 0 Å². The van der Waals surface area contributed by atoms with Gasteiger partial charge in [0.2, 0.25) is 5.91 Å². The molecule has 0 saturated carbocycles. The summed E-state index contributed by atoms with van der Waals surface area (Å²) in [4.78, 5) is 23.5. The van der Waals surface area contributed by atoms with Gasteiger partial charge in [0.15, 0.2) is 0 Å². The lowest BCUT2D eigenvalue weighted by atomic mass is 10.2. The molecule has 6 nitrogen and oxygen atoms in total. The van der Waals surface area contributed by atoms with Crippen LogP contribution in [0.25, 0.3) is 10.9 Å². The van der Waals surface area contributed by atoms with Gasteiger partial charge in [0.05, 0.1) is 12.6 Å². The molecule has 0 aliphatic rings. The Morgan fingerprint density at radius 1 is 1.11 bits per heavy atom. The van der Waals surface area contributed by atoms with Crippen LogP contribution < -0.4 is 10.1 Å². The molecule has 0 radical (unpaired) electrons. The van der Waals surface area contributed by atoms with Gasteiger partial charge in [0.1, 0.15) is 18.4 Å². The summed E-state index contributed by atoms with van der Waals surface area (Å²) in [6.45, 7) is 2.61. The lowest BCUT2D eigenvalue weighted by Gasteiger charge is -2.12. The van der Waals surface area contributed by atoms with Crippen molar-refractivity contribution in [2.45, 2.75) is 32.5 Å². The van der Waals surface area contributed by atoms with E-state index in [1.54, 1.807) is 6.92 Å². The lowest BCUT2D eigenvalue weighted by molar-refractivity contribution is -0.144. The Balaban J connectivity index is 1.62. The summed E-state index contributed by atoms with van der Waals surface area (Å²) in [5, 5.41) is 3.72.